The lowest BCUT2D eigenvalue weighted by atomic mass is 9.91. The van der Waals surface area contributed by atoms with E-state index in [-0.39, 0.29) is 25.4 Å². The number of alkyl halides is 2. The highest BCUT2D eigenvalue weighted by Gasteiger charge is 2.46. The van der Waals surface area contributed by atoms with Crippen LogP contribution in [-0.2, 0) is 9.53 Å². The van der Waals surface area contributed by atoms with Crippen LogP contribution in [0.15, 0.2) is 0 Å². The predicted octanol–water partition coefficient (Wildman–Crippen LogP) is 0.547. The van der Waals surface area contributed by atoms with Crippen LogP contribution < -0.4 is 5.32 Å². The smallest absolute Gasteiger partial charge is 0.253 e. The van der Waals surface area contributed by atoms with Crippen molar-refractivity contribution >= 4 is 5.91 Å². The highest BCUT2D eigenvalue weighted by molar-refractivity contribution is 5.76. The van der Waals surface area contributed by atoms with Crippen LogP contribution in [0.3, 0.4) is 0 Å². The number of hydrogen-bond donors (Lipinski definition) is 1. The van der Waals surface area contributed by atoms with Gasteiger partial charge in [0.15, 0.2) is 0 Å². The average molecular weight is 179 g/mol. The molecule has 70 valence electrons. The molecule has 0 aromatic heterocycles. The Kier molecular flexibility index (Phi) is 2.62. The fourth-order valence-corrected chi connectivity index (χ4v) is 0.990. The molecule has 1 amide bonds. The molecule has 0 unspecified atom stereocenters. The van der Waals surface area contributed by atoms with Crippen molar-refractivity contribution in [3.63, 3.8) is 0 Å². The fourth-order valence-electron chi connectivity index (χ4n) is 0.990. The van der Waals surface area contributed by atoms with E-state index in [4.69, 9.17) is 4.74 Å². The van der Waals surface area contributed by atoms with Crippen molar-refractivity contribution in [1.29, 1.82) is 0 Å². The first-order valence-electron chi connectivity index (χ1n) is 3.73. The third-order valence-corrected chi connectivity index (χ3v) is 1.78. The van der Waals surface area contributed by atoms with Gasteiger partial charge in [-0.25, -0.2) is 8.78 Å². The second kappa shape index (κ2) is 3.35. The molecule has 0 heterocycles. The first-order chi connectivity index (χ1) is 5.53. The second-order valence-corrected chi connectivity index (χ2v) is 2.87. The van der Waals surface area contributed by atoms with E-state index in [9.17, 15) is 13.6 Å². The molecule has 1 aliphatic rings. The van der Waals surface area contributed by atoms with Gasteiger partial charge in [-0.15, -0.1) is 0 Å². The van der Waals surface area contributed by atoms with E-state index in [0.717, 1.165) is 0 Å². The van der Waals surface area contributed by atoms with E-state index in [2.05, 4.69) is 5.32 Å². The zero-order valence-electron chi connectivity index (χ0n) is 6.77. The molecule has 3 nitrogen and oxygen atoms in total. The number of nitrogens with one attached hydrogen (secondary N) is 1. The van der Waals surface area contributed by atoms with Crippen molar-refractivity contribution in [3.05, 3.63) is 0 Å². The highest BCUT2D eigenvalue weighted by atomic mass is 19.3. The van der Waals surface area contributed by atoms with Gasteiger partial charge in [0.1, 0.15) is 6.61 Å². The van der Waals surface area contributed by atoms with E-state index < -0.39 is 12.0 Å². The zero-order chi connectivity index (χ0) is 9.19. The molecule has 0 radical (unpaired) electrons. The van der Waals surface area contributed by atoms with Crippen LogP contribution >= 0.6 is 0 Å². The molecule has 1 N–H and O–H groups in total. The molecule has 0 aliphatic heterocycles. The first-order valence-corrected chi connectivity index (χ1v) is 3.73. The second-order valence-electron chi connectivity index (χ2n) is 2.87. The minimum Gasteiger partial charge on any atom is -0.368 e. The summed E-state index contributed by atoms with van der Waals surface area (Å²) in [5.41, 5.74) is 0. The van der Waals surface area contributed by atoms with Gasteiger partial charge in [-0.3, -0.25) is 4.79 Å². The Labute approximate surface area is 69.1 Å². The number of halogens is 2. The summed E-state index contributed by atoms with van der Waals surface area (Å²) >= 11 is 0. The molecule has 0 atom stereocenters. The van der Waals surface area contributed by atoms with Crippen molar-refractivity contribution in [3.8, 4) is 0 Å². The Morgan fingerprint density at radius 2 is 2.25 bits per heavy atom. The summed E-state index contributed by atoms with van der Waals surface area (Å²) in [6.45, 7) is -0.128. The maximum Gasteiger partial charge on any atom is 0.253 e. The van der Waals surface area contributed by atoms with E-state index in [1.807, 2.05) is 0 Å². The summed E-state index contributed by atoms with van der Waals surface area (Å²) in [5.74, 6) is -2.86. The monoisotopic (exact) mass is 179 g/mol. The Hall–Kier alpha value is -0.710. The van der Waals surface area contributed by atoms with Gasteiger partial charge in [0.2, 0.25) is 5.91 Å². The molecule has 0 bridgehead atoms. The molecule has 0 saturated heterocycles. The number of ether oxygens (including phenoxy) is 1. The number of carbonyl (C=O) groups excluding carboxylic acids is 1. The predicted molar refractivity (Wildman–Crippen MR) is 38.0 cm³/mol. The minimum atomic E-state index is -2.58. The lowest BCUT2D eigenvalue weighted by molar-refractivity contribution is -0.170. The molecule has 12 heavy (non-hydrogen) atoms. The number of rotatable bonds is 3. The summed E-state index contributed by atoms with van der Waals surface area (Å²) in [6, 6.07) is 0. The quantitative estimate of drug-likeness (QED) is 0.687. The molecule has 1 fully saturated rings. The molecule has 1 aliphatic carbocycles. The number of likely N-dealkylation sites (N-methyl/N-ethyl adjacent to an activating group) is 1. The first kappa shape index (κ1) is 9.38. The molecule has 5 heteroatoms. The summed E-state index contributed by atoms with van der Waals surface area (Å²) in [4.78, 5) is 10.6. The normalized spacial score (nSPS) is 21.6. The zero-order valence-corrected chi connectivity index (χ0v) is 6.77. The van der Waals surface area contributed by atoms with Crippen molar-refractivity contribution < 1.29 is 18.3 Å². The number of carbonyl (C=O) groups is 1. The number of hydrogen-bond acceptors (Lipinski definition) is 2. The number of amides is 1. The minimum absolute atomic E-state index is 0.128. The third-order valence-electron chi connectivity index (χ3n) is 1.78. The van der Waals surface area contributed by atoms with Crippen LogP contribution in [0, 0.1) is 0 Å². The van der Waals surface area contributed by atoms with Crippen molar-refractivity contribution in [2.24, 2.45) is 0 Å². The Morgan fingerprint density at radius 3 is 2.67 bits per heavy atom. The molecule has 0 aromatic rings. The van der Waals surface area contributed by atoms with Gasteiger partial charge in [-0.2, -0.15) is 0 Å². The third kappa shape index (κ3) is 2.41. The highest BCUT2D eigenvalue weighted by Crippen LogP contribution is 2.39. The lowest BCUT2D eigenvalue weighted by Gasteiger charge is -2.34. The Morgan fingerprint density at radius 1 is 1.67 bits per heavy atom. The molecule has 0 spiro atoms. The van der Waals surface area contributed by atoms with Crippen LogP contribution in [-0.4, -0.2) is 31.6 Å². The summed E-state index contributed by atoms with van der Waals surface area (Å²) in [5, 5.41) is 2.34. The van der Waals surface area contributed by atoms with E-state index in [1.165, 1.54) is 7.05 Å². The van der Waals surface area contributed by atoms with Gasteiger partial charge < -0.3 is 10.1 Å². The van der Waals surface area contributed by atoms with E-state index in [0.29, 0.717) is 0 Å². The van der Waals surface area contributed by atoms with Crippen LogP contribution in [0.25, 0.3) is 0 Å². The van der Waals surface area contributed by atoms with E-state index in [1.54, 1.807) is 0 Å². The van der Waals surface area contributed by atoms with Crippen molar-refractivity contribution in [2.45, 2.75) is 24.9 Å². The van der Waals surface area contributed by atoms with Crippen LogP contribution in [0.1, 0.15) is 12.8 Å². The Bertz CT molecular complexity index is 176. The largest absolute Gasteiger partial charge is 0.368 e. The molecular formula is C7H11F2NO2. The summed E-state index contributed by atoms with van der Waals surface area (Å²) < 4.78 is 29.3. The van der Waals surface area contributed by atoms with Crippen molar-refractivity contribution in [1.82, 2.24) is 5.32 Å². The van der Waals surface area contributed by atoms with Crippen LogP contribution in [0.4, 0.5) is 8.78 Å². The maximum absolute atomic E-state index is 12.2. The SMILES string of the molecule is CNC(=O)COC1CC(F)(F)C1. The maximum atomic E-state index is 12.2. The van der Waals surface area contributed by atoms with Gasteiger partial charge in [0.05, 0.1) is 6.10 Å². The lowest BCUT2D eigenvalue weighted by Crippen LogP contribution is -2.42. The van der Waals surface area contributed by atoms with Crippen LogP contribution in [0.2, 0.25) is 0 Å². The van der Waals surface area contributed by atoms with Crippen molar-refractivity contribution in [2.75, 3.05) is 13.7 Å². The topological polar surface area (TPSA) is 38.3 Å². The molecular weight excluding hydrogens is 168 g/mol. The van der Waals surface area contributed by atoms with E-state index >= 15 is 0 Å². The average Bonchev–Trinajstić information content (AvgIpc) is 1.96. The molecule has 1 rings (SSSR count). The molecule has 1 saturated carbocycles. The standard InChI is InChI=1S/C7H11F2NO2/c1-10-6(11)4-12-5-2-7(8,9)3-5/h5H,2-4H2,1H3,(H,10,11). The fraction of sp³-hybridized carbons (Fsp3) is 0.857. The molecule has 0 aromatic carbocycles. The van der Waals surface area contributed by atoms with Gasteiger partial charge in [-0.05, 0) is 0 Å². The Balaban J connectivity index is 2.08. The van der Waals surface area contributed by atoms with Gasteiger partial charge in [-0.1, -0.05) is 0 Å². The van der Waals surface area contributed by atoms with Crippen LogP contribution in [0.5, 0.6) is 0 Å². The van der Waals surface area contributed by atoms with Gasteiger partial charge in [0.25, 0.3) is 5.92 Å². The van der Waals surface area contributed by atoms with Gasteiger partial charge >= 0.3 is 0 Å². The summed E-state index contributed by atoms with van der Waals surface area (Å²) in [7, 11) is 1.47. The summed E-state index contributed by atoms with van der Waals surface area (Å²) in [6.07, 6.45) is -0.967. The van der Waals surface area contributed by atoms with Gasteiger partial charge in [0, 0.05) is 19.9 Å².